The minimum Gasteiger partial charge on any atom is -0.322 e. The summed E-state index contributed by atoms with van der Waals surface area (Å²) in [7, 11) is 0. The molecule has 1 aromatic heterocycles. The van der Waals surface area contributed by atoms with Crippen LogP contribution in [0.15, 0.2) is 24.4 Å². The van der Waals surface area contributed by atoms with E-state index in [0.29, 0.717) is 22.2 Å². The number of pyridine rings is 1. The van der Waals surface area contributed by atoms with E-state index in [2.05, 4.69) is 11.6 Å². The van der Waals surface area contributed by atoms with Crippen molar-refractivity contribution in [3.8, 4) is 0 Å². The number of rotatable bonds is 3. The van der Waals surface area contributed by atoms with Gasteiger partial charge in [0, 0.05) is 6.20 Å². The first-order chi connectivity index (χ1) is 6.50. The highest BCUT2D eigenvalue weighted by Gasteiger charge is 2.11. The molecule has 1 atom stereocenters. The fourth-order valence-electron chi connectivity index (χ4n) is 1.17. The van der Waals surface area contributed by atoms with E-state index in [1.54, 1.807) is 12.3 Å². The molecule has 1 rings (SSSR count). The number of hydrogen-bond acceptors (Lipinski definition) is 2. The number of nitrogens with two attached hydrogens (primary N) is 1. The van der Waals surface area contributed by atoms with Gasteiger partial charge in [0.15, 0.2) is 0 Å². The average Bonchev–Trinajstić information content (AvgIpc) is 2.01. The van der Waals surface area contributed by atoms with Crippen LogP contribution >= 0.6 is 23.2 Å². The Hall–Kier alpha value is -0.570. The Morgan fingerprint density at radius 2 is 2.29 bits per heavy atom. The van der Waals surface area contributed by atoms with Crippen LogP contribution in [0.4, 0.5) is 0 Å². The van der Waals surface area contributed by atoms with Crippen molar-refractivity contribution in [2.24, 2.45) is 5.73 Å². The molecule has 14 heavy (non-hydrogen) atoms. The van der Waals surface area contributed by atoms with Crippen LogP contribution in [0.25, 0.3) is 0 Å². The molecule has 76 valence electrons. The molecule has 0 aliphatic carbocycles. The Labute approximate surface area is 93.7 Å². The molecule has 2 N–H and O–H groups in total. The van der Waals surface area contributed by atoms with Crippen LogP contribution in [-0.2, 0) is 0 Å². The van der Waals surface area contributed by atoms with Crippen molar-refractivity contribution in [3.63, 3.8) is 0 Å². The molecule has 0 radical (unpaired) electrons. The number of nitrogens with zero attached hydrogens (tertiary/aromatic N) is 1. The summed E-state index contributed by atoms with van der Waals surface area (Å²) in [5.41, 5.74) is 7.57. The van der Waals surface area contributed by atoms with Crippen molar-refractivity contribution in [2.75, 3.05) is 0 Å². The molecule has 0 aromatic carbocycles. The summed E-state index contributed by atoms with van der Waals surface area (Å²) in [5.74, 6) is 0. The zero-order valence-electron chi connectivity index (χ0n) is 7.93. The Morgan fingerprint density at radius 1 is 1.64 bits per heavy atom. The van der Waals surface area contributed by atoms with Crippen molar-refractivity contribution in [3.05, 3.63) is 40.2 Å². The molecule has 0 fully saturated rings. The first-order valence-electron chi connectivity index (χ1n) is 4.21. The minimum atomic E-state index is -0.211. The fraction of sp³-hybridized carbons (Fsp3) is 0.300. The normalized spacial score (nSPS) is 12.6. The van der Waals surface area contributed by atoms with Crippen LogP contribution in [0, 0.1) is 0 Å². The van der Waals surface area contributed by atoms with Crippen LogP contribution < -0.4 is 5.73 Å². The molecule has 1 aromatic rings. The lowest BCUT2D eigenvalue weighted by atomic mass is 10.1. The van der Waals surface area contributed by atoms with Crippen molar-refractivity contribution < 1.29 is 0 Å². The summed E-state index contributed by atoms with van der Waals surface area (Å²) in [6, 6.07) is 1.43. The molecule has 1 unspecified atom stereocenters. The topological polar surface area (TPSA) is 38.9 Å². The van der Waals surface area contributed by atoms with Gasteiger partial charge in [-0.15, -0.1) is 6.58 Å². The van der Waals surface area contributed by atoms with Gasteiger partial charge in [0.25, 0.3) is 0 Å². The van der Waals surface area contributed by atoms with E-state index in [1.807, 2.05) is 6.92 Å². The van der Waals surface area contributed by atoms with Crippen LogP contribution in [0.5, 0.6) is 0 Å². The number of aromatic nitrogens is 1. The van der Waals surface area contributed by atoms with Gasteiger partial charge in [-0.05, 0) is 19.4 Å². The molecule has 0 saturated carbocycles. The largest absolute Gasteiger partial charge is 0.322 e. The second kappa shape index (κ2) is 4.78. The van der Waals surface area contributed by atoms with E-state index in [9.17, 15) is 0 Å². The predicted molar refractivity (Wildman–Crippen MR) is 60.6 cm³/mol. The quantitative estimate of drug-likeness (QED) is 0.810. The Kier molecular flexibility index (Phi) is 3.93. The summed E-state index contributed by atoms with van der Waals surface area (Å²) in [6.45, 7) is 5.71. The van der Waals surface area contributed by atoms with E-state index >= 15 is 0 Å². The maximum absolute atomic E-state index is 5.95. The van der Waals surface area contributed by atoms with Gasteiger partial charge in [-0.2, -0.15) is 0 Å². The van der Waals surface area contributed by atoms with E-state index < -0.39 is 0 Å². The highest BCUT2D eigenvalue weighted by molar-refractivity contribution is 6.34. The van der Waals surface area contributed by atoms with Crippen LogP contribution in [0.2, 0.25) is 10.0 Å². The summed E-state index contributed by atoms with van der Waals surface area (Å²) >= 11 is 11.7. The lowest BCUT2D eigenvalue weighted by molar-refractivity contribution is 0.693. The smallest absolute Gasteiger partial charge is 0.0761 e. The van der Waals surface area contributed by atoms with E-state index in [4.69, 9.17) is 28.9 Å². The molecular weight excluding hydrogens is 219 g/mol. The molecule has 0 saturated heterocycles. The third-order valence-electron chi connectivity index (χ3n) is 1.76. The van der Waals surface area contributed by atoms with Crippen molar-refractivity contribution in [1.82, 2.24) is 4.98 Å². The summed E-state index contributed by atoms with van der Waals surface area (Å²) in [6.07, 6.45) is 2.22. The Bertz CT molecular complexity index is 350. The first kappa shape index (κ1) is 11.5. The summed E-state index contributed by atoms with van der Waals surface area (Å²) < 4.78 is 0. The lowest BCUT2D eigenvalue weighted by Crippen LogP contribution is -2.12. The molecule has 2 nitrogen and oxygen atoms in total. The van der Waals surface area contributed by atoms with Crippen molar-refractivity contribution in [1.29, 1.82) is 0 Å². The molecule has 1 heterocycles. The van der Waals surface area contributed by atoms with Gasteiger partial charge in [-0.3, -0.25) is 4.98 Å². The van der Waals surface area contributed by atoms with E-state index in [0.717, 1.165) is 5.57 Å². The van der Waals surface area contributed by atoms with E-state index in [1.165, 1.54) is 0 Å². The molecule has 0 aliphatic rings. The molecule has 0 spiro atoms. The monoisotopic (exact) mass is 230 g/mol. The maximum atomic E-state index is 5.95. The molecular formula is C10H12Cl2N2. The SMILES string of the molecule is C=C(C)CC(N)c1ncc(Cl)cc1Cl. The highest BCUT2D eigenvalue weighted by Crippen LogP contribution is 2.25. The summed E-state index contributed by atoms with van der Waals surface area (Å²) in [5, 5.41) is 1.02. The van der Waals surface area contributed by atoms with E-state index in [-0.39, 0.29) is 6.04 Å². The van der Waals surface area contributed by atoms with Crippen LogP contribution in [0.3, 0.4) is 0 Å². The van der Waals surface area contributed by atoms with Gasteiger partial charge in [0.05, 0.1) is 21.8 Å². The van der Waals surface area contributed by atoms with Crippen molar-refractivity contribution >= 4 is 23.2 Å². The van der Waals surface area contributed by atoms with Gasteiger partial charge >= 0.3 is 0 Å². The summed E-state index contributed by atoms with van der Waals surface area (Å²) in [4.78, 5) is 4.10. The fourth-order valence-corrected chi connectivity index (χ4v) is 1.69. The number of halogens is 2. The van der Waals surface area contributed by atoms with Gasteiger partial charge < -0.3 is 5.73 Å². The molecule has 4 heteroatoms. The van der Waals surface area contributed by atoms with Gasteiger partial charge in [0.2, 0.25) is 0 Å². The number of hydrogen-bond donors (Lipinski definition) is 1. The third-order valence-corrected chi connectivity index (χ3v) is 2.27. The third kappa shape index (κ3) is 2.98. The second-order valence-corrected chi connectivity index (χ2v) is 4.13. The first-order valence-corrected chi connectivity index (χ1v) is 4.97. The van der Waals surface area contributed by atoms with Crippen LogP contribution in [-0.4, -0.2) is 4.98 Å². The van der Waals surface area contributed by atoms with Gasteiger partial charge in [-0.25, -0.2) is 0 Å². The average molecular weight is 231 g/mol. The van der Waals surface area contributed by atoms with Gasteiger partial charge in [0.1, 0.15) is 0 Å². The second-order valence-electron chi connectivity index (χ2n) is 3.29. The van der Waals surface area contributed by atoms with Crippen LogP contribution in [0.1, 0.15) is 25.1 Å². The maximum Gasteiger partial charge on any atom is 0.0761 e. The zero-order chi connectivity index (χ0) is 10.7. The zero-order valence-corrected chi connectivity index (χ0v) is 9.44. The highest BCUT2D eigenvalue weighted by atomic mass is 35.5. The van der Waals surface area contributed by atoms with Crippen molar-refractivity contribution in [2.45, 2.75) is 19.4 Å². The lowest BCUT2D eigenvalue weighted by Gasteiger charge is -2.12. The standard InChI is InChI=1S/C10H12Cl2N2/c1-6(2)3-9(13)10-8(12)4-7(11)5-14-10/h4-5,9H,1,3,13H2,2H3. The molecule has 0 bridgehead atoms. The van der Waals surface area contributed by atoms with Gasteiger partial charge in [-0.1, -0.05) is 28.8 Å². The molecule has 0 aliphatic heterocycles. The Balaban J connectivity index is 2.90. The Morgan fingerprint density at radius 3 is 2.79 bits per heavy atom. The molecule has 0 amide bonds. The predicted octanol–water partition coefficient (Wildman–Crippen LogP) is 3.35. The minimum absolute atomic E-state index is 0.211.